The highest BCUT2D eigenvalue weighted by atomic mass is 32.2. The molecule has 0 bridgehead atoms. The Morgan fingerprint density at radius 3 is 2.55 bits per heavy atom. The van der Waals surface area contributed by atoms with Crippen molar-refractivity contribution in [2.24, 2.45) is 0 Å². The van der Waals surface area contributed by atoms with Gasteiger partial charge in [-0.1, -0.05) is 18.2 Å². The topological polar surface area (TPSA) is 85.2 Å². The first-order valence-corrected chi connectivity index (χ1v) is 11.5. The summed E-state index contributed by atoms with van der Waals surface area (Å²) in [5, 5.41) is 12.6. The van der Waals surface area contributed by atoms with Crippen LogP contribution in [0.2, 0.25) is 0 Å². The molecule has 29 heavy (non-hydrogen) atoms. The zero-order chi connectivity index (χ0) is 20.4. The predicted molar refractivity (Wildman–Crippen MR) is 113 cm³/mol. The largest absolute Gasteiger partial charge is 0.382 e. The average molecular weight is 411 g/mol. The van der Waals surface area contributed by atoms with Gasteiger partial charge in [-0.3, -0.25) is 4.90 Å². The highest BCUT2D eigenvalue weighted by molar-refractivity contribution is 7.89. The summed E-state index contributed by atoms with van der Waals surface area (Å²) in [6, 6.07) is 15.8. The molecular weight excluding hydrogens is 384 g/mol. The first kappa shape index (κ1) is 19.9. The SMILES string of the molecule is Cc1ccc(C#N)cc1S(=O)(=O)NC1CCN(Cc2ccc(NC3CC3)cc2)C1. The number of aryl methyl sites for hydroxylation is 1. The average Bonchev–Trinajstić information content (AvgIpc) is 3.41. The Bertz CT molecular complexity index is 1020. The van der Waals surface area contributed by atoms with Crippen molar-refractivity contribution in [2.75, 3.05) is 18.4 Å². The fourth-order valence-corrected chi connectivity index (χ4v) is 5.27. The highest BCUT2D eigenvalue weighted by Crippen LogP contribution is 2.25. The fraction of sp³-hybridized carbons (Fsp3) is 0.409. The monoisotopic (exact) mass is 410 g/mol. The molecule has 7 heteroatoms. The summed E-state index contributed by atoms with van der Waals surface area (Å²) in [7, 11) is -3.65. The Labute approximate surface area is 172 Å². The maximum absolute atomic E-state index is 12.8. The number of likely N-dealkylation sites (tertiary alicyclic amines) is 1. The normalized spacial score (nSPS) is 19.8. The lowest BCUT2D eigenvalue weighted by atomic mass is 10.2. The molecule has 0 aromatic heterocycles. The molecule has 1 saturated carbocycles. The zero-order valence-corrected chi connectivity index (χ0v) is 17.4. The minimum absolute atomic E-state index is 0.124. The molecule has 2 aromatic carbocycles. The quantitative estimate of drug-likeness (QED) is 0.733. The van der Waals surface area contributed by atoms with Crippen molar-refractivity contribution in [3.8, 4) is 6.07 Å². The van der Waals surface area contributed by atoms with Crippen LogP contribution in [0.25, 0.3) is 0 Å². The molecule has 2 aromatic rings. The van der Waals surface area contributed by atoms with E-state index in [9.17, 15) is 8.42 Å². The molecule has 2 aliphatic rings. The van der Waals surface area contributed by atoms with Gasteiger partial charge < -0.3 is 5.32 Å². The Morgan fingerprint density at radius 2 is 1.86 bits per heavy atom. The van der Waals surface area contributed by atoms with Crippen LogP contribution >= 0.6 is 0 Å². The number of nitrogens with zero attached hydrogens (tertiary/aromatic N) is 2. The van der Waals surface area contributed by atoms with Crippen LogP contribution in [0.15, 0.2) is 47.4 Å². The van der Waals surface area contributed by atoms with Crippen LogP contribution in [0.3, 0.4) is 0 Å². The molecule has 4 rings (SSSR count). The number of rotatable bonds is 7. The van der Waals surface area contributed by atoms with Crippen molar-refractivity contribution >= 4 is 15.7 Å². The molecule has 1 aliphatic heterocycles. The van der Waals surface area contributed by atoms with Gasteiger partial charge in [0.2, 0.25) is 10.0 Å². The molecule has 152 valence electrons. The minimum atomic E-state index is -3.65. The number of benzene rings is 2. The van der Waals surface area contributed by atoms with Crippen molar-refractivity contribution in [3.05, 3.63) is 59.2 Å². The third kappa shape index (κ3) is 4.96. The van der Waals surface area contributed by atoms with E-state index in [2.05, 4.69) is 39.2 Å². The molecule has 1 atom stereocenters. The van der Waals surface area contributed by atoms with Crippen molar-refractivity contribution in [1.82, 2.24) is 9.62 Å². The summed E-state index contributed by atoms with van der Waals surface area (Å²) in [6.45, 7) is 4.09. The van der Waals surface area contributed by atoms with Crippen molar-refractivity contribution in [3.63, 3.8) is 0 Å². The Kier molecular flexibility index (Phi) is 5.59. The van der Waals surface area contributed by atoms with Gasteiger partial charge in [0.05, 0.1) is 16.5 Å². The van der Waals surface area contributed by atoms with Gasteiger partial charge in [-0.2, -0.15) is 5.26 Å². The molecular formula is C22H26N4O2S. The van der Waals surface area contributed by atoms with Crippen LogP contribution in [0.4, 0.5) is 5.69 Å². The molecule has 0 amide bonds. The Balaban J connectivity index is 1.35. The van der Waals surface area contributed by atoms with Crippen LogP contribution in [0.1, 0.15) is 36.0 Å². The van der Waals surface area contributed by atoms with Gasteiger partial charge in [-0.15, -0.1) is 0 Å². The van der Waals surface area contributed by atoms with Crippen LogP contribution in [-0.4, -0.2) is 38.5 Å². The molecule has 2 fully saturated rings. The summed E-state index contributed by atoms with van der Waals surface area (Å²) in [5.41, 5.74) is 3.39. The van der Waals surface area contributed by atoms with Gasteiger partial charge in [0, 0.05) is 37.4 Å². The van der Waals surface area contributed by atoms with E-state index in [1.165, 1.54) is 30.2 Å². The fourth-order valence-electron chi connectivity index (χ4n) is 3.74. The number of hydrogen-bond acceptors (Lipinski definition) is 5. The van der Waals surface area contributed by atoms with Gasteiger partial charge in [-0.25, -0.2) is 13.1 Å². The summed E-state index contributed by atoms with van der Waals surface area (Å²) in [4.78, 5) is 2.46. The number of hydrogen-bond donors (Lipinski definition) is 2. The Hall–Kier alpha value is -2.40. The second-order valence-electron chi connectivity index (χ2n) is 8.05. The maximum atomic E-state index is 12.8. The number of anilines is 1. The van der Waals surface area contributed by atoms with E-state index in [-0.39, 0.29) is 10.9 Å². The second kappa shape index (κ2) is 8.15. The van der Waals surface area contributed by atoms with Gasteiger partial charge in [-0.05, 0) is 61.6 Å². The number of nitrogens with one attached hydrogen (secondary N) is 2. The third-order valence-electron chi connectivity index (χ3n) is 5.51. The van der Waals surface area contributed by atoms with Gasteiger partial charge in [0.15, 0.2) is 0 Å². The van der Waals surface area contributed by atoms with Crippen LogP contribution in [0, 0.1) is 18.3 Å². The minimum Gasteiger partial charge on any atom is -0.382 e. The molecule has 1 saturated heterocycles. The Morgan fingerprint density at radius 1 is 1.10 bits per heavy atom. The van der Waals surface area contributed by atoms with Crippen LogP contribution in [-0.2, 0) is 16.6 Å². The van der Waals surface area contributed by atoms with E-state index < -0.39 is 10.0 Å². The first-order chi connectivity index (χ1) is 13.9. The van der Waals surface area contributed by atoms with Crippen molar-refractivity contribution in [2.45, 2.75) is 49.7 Å². The van der Waals surface area contributed by atoms with E-state index in [4.69, 9.17) is 5.26 Å². The summed E-state index contributed by atoms with van der Waals surface area (Å²) in [5.74, 6) is 0. The van der Waals surface area contributed by atoms with Gasteiger partial charge in [0.1, 0.15) is 0 Å². The lowest BCUT2D eigenvalue weighted by Gasteiger charge is -2.18. The van der Waals surface area contributed by atoms with Crippen LogP contribution < -0.4 is 10.0 Å². The zero-order valence-electron chi connectivity index (χ0n) is 16.6. The maximum Gasteiger partial charge on any atom is 0.241 e. The molecule has 1 aliphatic carbocycles. The van der Waals surface area contributed by atoms with Gasteiger partial charge >= 0.3 is 0 Å². The molecule has 1 unspecified atom stereocenters. The molecule has 0 radical (unpaired) electrons. The van der Waals surface area contributed by atoms with E-state index in [0.29, 0.717) is 23.7 Å². The molecule has 6 nitrogen and oxygen atoms in total. The summed E-state index contributed by atoms with van der Waals surface area (Å²) < 4.78 is 28.5. The van der Waals surface area contributed by atoms with E-state index in [0.717, 1.165) is 19.5 Å². The second-order valence-corrected chi connectivity index (χ2v) is 9.73. The number of nitriles is 1. The molecule has 0 spiro atoms. The van der Waals surface area contributed by atoms with E-state index in [1.54, 1.807) is 19.1 Å². The number of sulfonamides is 1. The van der Waals surface area contributed by atoms with Crippen LogP contribution in [0.5, 0.6) is 0 Å². The summed E-state index contributed by atoms with van der Waals surface area (Å²) >= 11 is 0. The van der Waals surface area contributed by atoms with Crippen molar-refractivity contribution < 1.29 is 8.42 Å². The molecule has 1 heterocycles. The summed E-state index contributed by atoms with van der Waals surface area (Å²) in [6.07, 6.45) is 3.29. The first-order valence-electron chi connectivity index (χ1n) is 10.0. The van der Waals surface area contributed by atoms with E-state index >= 15 is 0 Å². The smallest absolute Gasteiger partial charge is 0.241 e. The highest BCUT2D eigenvalue weighted by Gasteiger charge is 2.28. The lowest BCUT2D eigenvalue weighted by molar-refractivity contribution is 0.324. The van der Waals surface area contributed by atoms with Crippen molar-refractivity contribution in [1.29, 1.82) is 5.26 Å². The third-order valence-corrected chi connectivity index (χ3v) is 7.17. The predicted octanol–water partition coefficient (Wildman–Crippen LogP) is 2.99. The van der Waals surface area contributed by atoms with E-state index in [1.807, 2.05) is 6.07 Å². The lowest BCUT2D eigenvalue weighted by Crippen LogP contribution is -2.37. The molecule has 2 N–H and O–H groups in total. The standard InChI is InChI=1S/C22H26N4O2S/c1-16-2-3-18(13-23)12-22(16)29(27,28)25-21-10-11-26(15-21)14-17-4-6-19(7-5-17)24-20-8-9-20/h2-7,12,20-21,24-25H,8-11,14-15H2,1H3. The van der Waals surface area contributed by atoms with Gasteiger partial charge in [0.25, 0.3) is 0 Å².